The molecule has 9 nitrogen and oxygen atoms in total. The van der Waals surface area contributed by atoms with Crippen molar-refractivity contribution in [2.45, 2.75) is 26.2 Å². The van der Waals surface area contributed by atoms with Crippen molar-refractivity contribution in [1.82, 2.24) is 34.3 Å². The lowest BCUT2D eigenvalue weighted by atomic mass is 10.1. The molecular weight excluding hydrogens is 516 g/mol. The fourth-order valence-electron chi connectivity index (χ4n) is 5.48. The summed E-state index contributed by atoms with van der Waals surface area (Å²) < 4.78 is 61.3. The number of aryl methyl sites for hydroxylation is 1. The third-order valence-corrected chi connectivity index (χ3v) is 7.42. The number of anilines is 1. The quantitative estimate of drug-likeness (QED) is 0.370. The van der Waals surface area contributed by atoms with Gasteiger partial charge in [0.1, 0.15) is 11.6 Å². The van der Waals surface area contributed by atoms with Crippen molar-refractivity contribution in [1.29, 1.82) is 0 Å². The van der Waals surface area contributed by atoms with Gasteiger partial charge in [-0.05, 0) is 25.1 Å². The molecule has 0 saturated carbocycles. The molecule has 0 atom stereocenters. The Kier molecular flexibility index (Phi) is 6.89. The lowest BCUT2D eigenvalue weighted by Crippen LogP contribution is -2.48. The first-order valence-corrected chi connectivity index (χ1v) is 13.2. The third kappa shape index (κ3) is 5.18. The minimum absolute atomic E-state index is 0.286. The molecule has 13 heteroatoms. The number of fused-ring (bicyclic) bond motifs is 2. The molecule has 208 valence electrons. The van der Waals surface area contributed by atoms with Crippen molar-refractivity contribution in [3.05, 3.63) is 36.0 Å². The molecule has 1 N–H and O–H groups in total. The number of hydrogen-bond donors (Lipinski definition) is 1. The Morgan fingerprint density at radius 3 is 2.41 bits per heavy atom. The number of halogens is 4. The van der Waals surface area contributed by atoms with Gasteiger partial charge in [-0.25, -0.2) is 19.3 Å². The summed E-state index contributed by atoms with van der Waals surface area (Å²) in [6.07, 6.45) is -2.44. The summed E-state index contributed by atoms with van der Waals surface area (Å²) in [6.45, 7) is 6.21. The molecule has 0 radical (unpaired) electrons. The molecule has 2 aliphatic rings. The van der Waals surface area contributed by atoms with Gasteiger partial charge < -0.3 is 19.2 Å². The first kappa shape index (κ1) is 26.0. The average Bonchev–Trinajstić information content (AvgIpc) is 3.53. The number of aromatic nitrogens is 5. The van der Waals surface area contributed by atoms with E-state index in [9.17, 15) is 13.2 Å². The van der Waals surface area contributed by atoms with Gasteiger partial charge in [0.15, 0.2) is 22.8 Å². The second-order valence-corrected chi connectivity index (χ2v) is 9.94. The highest BCUT2D eigenvalue weighted by Gasteiger charge is 2.32. The number of H-pyrrole nitrogens is 1. The number of morpholine rings is 1. The molecule has 0 unspecified atom stereocenters. The lowest BCUT2D eigenvalue weighted by molar-refractivity contribution is -0.149. The van der Waals surface area contributed by atoms with Crippen LogP contribution in [-0.4, -0.2) is 99.5 Å². The molecule has 3 aromatic heterocycles. The van der Waals surface area contributed by atoms with Gasteiger partial charge in [-0.15, -0.1) is 0 Å². The van der Waals surface area contributed by atoms with E-state index in [2.05, 4.69) is 14.8 Å². The number of imidazole rings is 1. The highest BCUT2D eigenvalue weighted by Crippen LogP contribution is 2.34. The monoisotopic (exact) mass is 546 g/mol. The van der Waals surface area contributed by atoms with Crippen LogP contribution in [0, 0.1) is 5.82 Å². The van der Waals surface area contributed by atoms with Crippen molar-refractivity contribution >= 4 is 27.9 Å². The Hall–Kier alpha value is -3.29. The Morgan fingerprint density at radius 2 is 1.69 bits per heavy atom. The van der Waals surface area contributed by atoms with Crippen molar-refractivity contribution in [3.63, 3.8) is 0 Å². The van der Waals surface area contributed by atoms with Gasteiger partial charge in [0, 0.05) is 62.9 Å². The second kappa shape index (κ2) is 10.4. The van der Waals surface area contributed by atoms with Gasteiger partial charge in [0.05, 0.1) is 31.9 Å². The lowest BCUT2D eigenvalue weighted by Gasteiger charge is -2.34. The predicted molar refractivity (Wildman–Crippen MR) is 139 cm³/mol. The smallest absolute Gasteiger partial charge is 0.378 e. The van der Waals surface area contributed by atoms with Crippen LogP contribution in [0.3, 0.4) is 0 Å². The van der Waals surface area contributed by atoms with Crippen LogP contribution < -0.4 is 4.90 Å². The van der Waals surface area contributed by atoms with E-state index in [0.29, 0.717) is 93.5 Å². The molecule has 2 aliphatic heterocycles. The Bertz CT molecular complexity index is 1470. The first-order valence-electron chi connectivity index (χ1n) is 13.2. The molecule has 6 rings (SSSR count). The van der Waals surface area contributed by atoms with E-state index in [1.54, 1.807) is 12.3 Å². The summed E-state index contributed by atoms with van der Waals surface area (Å²) in [7, 11) is 0. The van der Waals surface area contributed by atoms with Crippen LogP contribution in [0.5, 0.6) is 0 Å². The van der Waals surface area contributed by atoms with Gasteiger partial charge in [0.2, 0.25) is 0 Å². The summed E-state index contributed by atoms with van der Waals surface area (Å²) in [4.78, 5) is 23.4. The Morgan fingerprint density at radius 1 is 0.949 bits per heavy atom. The van der Waals surface area contributed by atoms with Crippen LogP contribution in [0.2, 0.25) is 0 Å². The van der Waals surface area contributed by atoms with Crippen LogP contribution >= 0.6 is 0 Å². The number of rotatable bonds is 6. The summed E-state index contributed by atoms with van der Waals surface area (Å²) >= 11 is 0. The van der Waals surface area contributed by atoms with Crippen LogP contribution in [0.1, 0.15) is 12.7 Å². The number of benzene rings is 1. The summed E-state index contributed by atoms with van der Waals surface area (Å²) in [5, 5.41) is 0.696. The molecule has 0 spiro atoms. The average molecular weight is 547 g/mol. The number of hydrogen-bond acceptors (Lipinski definition) is 7. The molecule has 0 aliphatic carbocycles. The van der Waals surface area contributed by atoms with Crippen molar-refractivity contribution in [2.75, 3.05) is 63.9 Å². The van der Waals surface area contributed by atoms with Gasteiger partial charge in [-0.3, -0.25) is 9.80 Å². The summed E-state index contributed by atoms with van der Waals surface area (Å²) in [5.74, 6) is 1.27. The molecule has 2 fully saturated rings. The second-order valence-electron chi connectivity index (χ2n) is 9.94. The highest BCUT2D eigenvalue weighted by molar-refractivity contribution is 5.95. The van der Waals surface area contributed by atoms with E-state index >= 15 is 4.39 Å². The summed E-state index contributed by atoms with van der Waals surface area (Å²) in [5.41, 5.74) is 2.37. The van der Waals surface area contributed by atoms with Crippen molar-refractivity contribution < 1.29 is 22.3 Å². The zero-order valence-electron chi connectivity index (χ0n) is 21.6. The molecule has 39 heavy (non-hydrogen) atoms. The van der Waals surface area contributed by atoms with Gasteiger partial charge in [0.25, 0.3) is 0 Å². The van der Waals surface area contributed by atoms with E-state index in [0.717, 1.165) is 11.3 Å². The third-order valence-electron chi connectivity index (χ3n) is 7.42. The Labute approximate surface area is 222 Å². The van der Waals surface area contributed by atoms with E-state index in [4.69, 9.17) is 19.7 Å². The molecule has 0 amide bonds. The van der Waals surface area contributed by atoms with E-state index < -0.39 is 18.5 Å². The van der Waals surface area contributed by atoms with Gasteiger partial charge in [-0.2, -0.15) is 13.2 Å². The molecular formula is C26H30F4N8O. The number of nitrogens with one attached hydrogen (secondary N) is 1. The fourth-order valence-corrected chi connectivity index (χ4v) is 5.48. The number of ether oxygens (including phenoxy) is 1. The normalized spacial score (nSPS) is 18.0. The predicted octanol–water partition coefficient (Wildman–Crippen LogP) is 3.65. The maximum absolute atomic E-state index is 15.3. The van der Waals surface area contributed by atoms with Crippen molar-refractivity contribution in [2.24, 2.45) is 0 Å². The molecule has 5 heterocycles. The van der Waals surface area contributed by atoms with Gasteiger partial charge >= 0.3 is 6.18 Å². The molecule has 0 bridgehead atoms. The molecule has 4 aromatic rings. The molecule has 2 saturated heterocycles. The summed E-state index contributed by atoms with van der Waals surface area (Å²) in [6, 6.07) is 4.92. The zero-order valence-corrected chi connectivity index (χ0v) is 21.6. The SMILES string of the molecule is CCn1c(CN2CCN(CC(F)(F)F)CC2)nc2c(N3CCOCC3)nc(-c3c(F)ccc4[nH]ccc34)nc21. The minimum atomic E-state index is -4.20. The van der Waals surface area contributed by atoms with Crippen LogP contribution in [0.25, 0.3) is 33.5 Å². The first-order chi connectivity index (χ1) is 18.8. The number of piperazine rings is 1. The van der Waals surface area contributed by atoms with Crippen molar-refractivity contribution in [3.8, 4) is 11.4 Å². The van der Waals surface area contributed by atoms with Gasteiger partial charge in [-0.1, -0.05) is 0 Å². The van der Waals surface area contributed by atoms with Crippen LogP contribution in [0.4, 0.5) is 23.4 Å². The number of nitrogens with zero attached hydrogens (tertiary/aromatic N) is 7. The maximum Gasteiger partial charge on any atom is 0.401 e. The minimum Gasteiger partial charge on any atom is -0.378 e. The standard InChI is InChI=1S/C26H30F4N8O/c1-2-38-20(15-35-7-9-36(10-8-35)16-26(28,29)30)32-22-24(37-11-13-39-14-12-37)33-23(34-25(22)38)21-17-5-6-31-19(17)4-3-18(21)27/h3-6,31H,2,7-16H2,1H3. The van der Waals surface area contributed by atoms with Crippen LogP contribution in [-0.2, 0) is 17.8 Å². The topological polar surface area (TPSA) is 78.3 Å². The number of alkyl halides is 3. The van der Waals surface area contributed by atoms with E-state index in [1.165, 1.54) is 11.0 Å². The van der Waals surface area contributed by atoms with E-state index in [-0.39, 0.29) is 5.82 Å². The molecule has 1 aromatic carbocycles. The fraction of sp³-hybridized carbons (Fsp3) is 0.500. The zero-order chi connectivity index (χ0) is 27.1. The highest BCUT2D eigenvalue weighted by atomic mass is 19.4. The van der Waals surface area contributed by atoms with Crippen LogP contribution in [0.15, 0.2) is 24.4 Å². The Balaban J connectivity index is 1.39. The maximum atomic E-state index is 15.3. The number of aromatic amines is 1. The largest absolute Gasteiger partial charge is 0.401 e. The van der Waals surface area contributed by atoms with E-state index in [1.807, 2.05) is 17.6 Å².